The van der Waals surface area contributed by atoms with E-state index in [9.17, 15) is 9.59 Å². The van der Waals surface area contributed by atoms with Crippen molar-refractivity contribution < 1.29 is 14.3 Å². The molecule has 1 aromatic heterocycles. The maximum atomic E-state index is 12.4. The summed E-state index contributed by atoms with van der Waals surface area (Å²) in [6.07, 6.45) is 0.753. The maximum Gasteiger partial charge on any atom is 0.325 e. The van der Waals surface area contributed by atoms with Crippen molar-refractivity contribution in [2.45, 2.75) is 27.2 Å². The average molecular weight is 299 g/mol. The second kappa shape index (κ2) is 7.85. The Morgan fingerprint density at radius 2 is 2.05 bits per heavy atom. The Hall–Kier alpha value is -1.62. The molecule has 0 bridgehead atoms. The van der Waals surface area contributed by atoms with E-state index >= 15 is 0 Å². The number of aromatic nitrogens is 1. The summed E-state index contributed by atoms with van der Waals surface area (Å²) in [5.74, 6) is -0.654. The lowest BCUT2D eigenvalue weighted by Crippen LogP contribution is -2.37. The zero-order chi connectivity index (χ0) is 15.1. The number of ether oxygens (including phenoxy) is 1. The highest BCUT2D eigenvalue weighted by molar-refractivity contribution is 6.29. The molecule has 0 N–H and O–H groups in total. The van der Waals surface area contributed by atoms with Crippen molar-refractivity contribution in [3.8, 4) is 0 Å². The molecule has 0 aliphatic heterocycles. The summed E-state index contributed by atoms with van der Waals surface area (Å²) >= 11 is 5.86. The summed E-state index contributed by atoms with van der Waals surface area (Å²) in [6, 6.07) is 3.16. The molecule has 0 saturated heterocycles. The van der Waals surface area contributed by atoms with Crippen molar-refractivity contribution in [1.29, 1.82) is 0 Å². The van der Waals surface area contributed by atoms with Crippen LogP contribution in [0, 0.1) is 6.92 Å². The van der Waals surface area contributed by atoms with E-state index in [1.807, 2.05) is 6.92 Å². The third-order valence-electron chi connectivity index (χ3n) is 2.58. The summed E-state index contributed by atoms with van der Waals surface area (Å²) < 4.78 is 4.88. The first-order valence-electron chi connectivity index (χ1n) is 6.57. The lowest BCUT2D eigenvalue weighted by atomic mass is 10.2. The number of aryl methyl sites for hydroxylation is 1. The van der Waals surface area contributed by atoms with Crippen LogP contribution in [-0.4, -0.2) is 41.5 Å². The summed E-state index contributed by atoms with van der Waals surface area (Å²) in [5, 5.41) is 0.265. The van der Waals surface area contributed by atoms with Crippen molar-refractivity contribution in [2.75, 3.05) is 19.7 Å². The SMILES string of the molecule is CCCN(CC(=O)OCC)C(=O)c1cc(C)nc(Cl)c1. The fraction of sp³-hybridized carbons (Fsp3) is 0.500. The van der Waals surface area contributed by atoms with Crippen LogP contribution in [-0.2, 0) is 9.53 Å². The minimum atomic E-state index is -0.411. The fourth-order valence-electron chi connectivity index (χ4n) is 1.82. The van der Waals surface area contributed by atoms with Gasteiger partial charge < -0.3 is 9.64 Å². The molecule has 0 radical (unpaired) electrons. The Bertz CT molecular complexity index is 471. The molecule has 0 aliphatic carbocycles. The van der Waals surface area contributed by atoms with Crippen molar-refractivity contribution in [2.24, 2.45) is 0 Å². The zero-order valence-corrected chi connectivity index (χ0v) is 12.7. The van der Waals surface area contributed by atoms with Crippen LogP contribution < -0.4 is 0 Å². The minimum absolute atomic E-state index is 0.0560. The van der Waals surface area contributed by atoms with E-state index in [2.05, 4.69) is 4.98 Å². The van der Waals surface area contributed by atoms with Gasteiger partial charge in [0.2, 0.25) is 0 Å². The quantitative estimate of drug-likeness (QED) is 0.598. The van der Waals surface area contributed by atoms with Crippen molar-refractivity contribution in [1.82, 2.24) is 9.88 Å². The number of hydrogen-bond acceptors (Lipinski definition) is 4. The molecule has 20 heavy (non-hydrogen) atoms. The monoisotopic (exact) mass is 298 g/mol. The van der Waals surface area contributed by atoms with Crippen LogP contribution in [0.3, 0.4) is 0 Å². The summed E-state index contributed by atoms with van der Waals surface area (Å²) in [4.78, 5) is 29.4. The zero-order valence-electron chi connectivity index (χ0n) is 12.0. The predicted octanol–water partition coefficient (Wildman–Crippen LogP) is 2.46. The van der Waals surface area contributed by atoms with Gasteiger partial charge in [0.15, 0.2) is 0 Å². The number of esters is 1. The average Bonchev–Trinajstić information content (AvgIpc) is 2.36. The number of halogens is 1. The van der Waals surface area contributed by atoms with Crippen molar-refractivity contribution in [3.05, 3.63) is 28.5 Å². The van der Waals surface area contributed by atoms with E-state index < -0.39 is 5.97 Å². The van der Waals surface area contributed by atoms with Crippen LogP contribution in [0.1, 0.15) is 36.3 Å². The van der Waals surface area contributed by atoms with Gasteiger partial charge in [-0.15, -0.1) is 0 Å². The highest BCUT2D eigenvalue weighted by atomic mass is 35.5. The van der Waals surface area contributed by atoms with Gasteiger partial charge in [0.25, 0.3) is 5.91 Å². The Balaban J connectivity index is 2.89. The number of amides is 1. The van der Waals surface area contributed by atoms with Gasteiger partial charge in [0.1, 0.15) is 11.7 Å². The predicted molar refractivity (Wildman–Crippen MR) is 76.8 cm³/mol. The number of carbonyl (C=O) groups is 2. The van der Waals surface area contributed by atoms with Gasteiger partial charge in [0, 0.05) is 17.8 Å². The van der Waals surface area contributed by atoms with Gasteiger partial charge in [-0.2, -0.15) is 0 Å². The van der Waals surface area contributed by atoms with Gasteiger partial charge in [0.05, 0.1) is 6.61 Å². The van der Waals surface area contributed by atoms with Crippen molar-refractivity contribution >= 4 is 23.5 Å². The van der Waals surface area contributed by atoms with E-state index in [1.165, 1.54) is 11.0 Å². The molecule has 5 nitrogen and oxygen atoms in total. The number of pyridine rings is 1. The molecule has 0 atom stereocenters. The number of carbonyl (C=O) groups excluding carboxylic acids is 2. The second-order valence-electron chi connectivity index (χ2n) is 4.35. The molecule has 1 rings (SSSR count). The Kier molecular flexibility index (Phi) is 6.45. The van der Waals surface area contributed by atoms with E-state index in [4.69, 9.17) is 16.3 Å². The maximum absolute atomic E-state index is 12.4. The molecule has 1 aromatic rings. The van der Waals surface area contributed by atoms with Gasteiger partial charge in [-0.05, 0) is 32.4 Å². The molecule has 0 fully saturated rings. The van der Waals surface area contributed by atoms with E-state index in [-0.39, 0.29) is 17.6 Å². The standard InChI is InChI=1S/C14H19ClN2O3/c1-4-6-17(9-13(18)20-5-2)14(19)11-7-10(3)16-12(15)8-11/h7-8H,4-6,9H2,1-3H3. The third-order valence-corrected chi connectivity index (χ3v) is 2.77. The van der Waals surface area contributed by atoms with Crippen molar-refractivity contribution in [3.63, 3.8) is 0 Å². The van der Waals surface area contributed by atoms with Crippen LogP contribution in [0.15, 0.2) is 12.1 Å². The fourth-order valence-corrected chi connectivity index (χ4v) is 2.07. The highest BCUT2D eigenvalue weighted by Crippen LogP contribution is 2.13. The molecule has 0 aromatic carbocycles. The molecule has 6 heteroatoms. The van der Waals surface area contributed by atoms with Gasteiger partial charge in [-0.25, -0.2) is 4.98 Å². The molecule has 110 valence electrons. The molecular formula is C14H19ClN2O3. The molecule has 1 heterocycles. The van der Waals surface area contributed by atoms with Crippen LogP contribution >= 0.6 is 11.6 Å². The number of hydrogen-bond donors (Lipinski definition) is 0. The summed E-state index contributed by atoms with van der Waals surface area (Å²) in [6.45, 7) is 6.16. The normalized spacial score (nSPS) is 10.2. The molecular weight excluding hydrogens is 280 g/mol. The molecule has 0 saturated carbocycles. The first kappa shape index (κ1) is 16.4. The van der Waals surface area contributed by atoms with E-state index in [1.54, 1.807) is 19.9 Å². The Morgan fingerprint density at radius 1 is 1.35 bits per heavy atom. The lowest BCUT2D eigenvalue weighted by Gasteiger charge is -2.21. The second-order valence-corrected chi connectivity index (χ2v) is 4.74. The molecule has 1 amide bonds. The van der Waals surface area contributed by atoms with Gasteiger partial charge in [-0.3, -0.25) is 9.59 Å². The minimum Gasteiger partial charge on any atom is -0.465 e. The first-order valence-corrected chi connectivity index (χ1v) is 6.94. The number of nitrogens with zero attached hydrogens (tertiary/aromatic N) is 2. The topological polar surface area (TPSA) is 59.5 Å². The Morgan fingerprint density at radius 3 is 2.60 bits per heavy atom. The van der Waals surface area contributed by atoms with Gasteiger partial charge >= 0.3 is 5.97 Å². The third kappa shape index (κ3) is 4.81. The van der Waals surface area contributed by atoms with E-state index in [0.29, 0.717) is 24.4 Å². The summed E-state index contributed by atoms with van der Waals surface area (Å²) in [5.41, 5.74) is 1.09. The Labute approximate surface area is 123 Å². The highest BCUT2D eigenvalue weighted by Gasteiger charge is 2.19. The van der Waals surface area contributed by atoms with Gasteiger partial charge in [-0.1, -0.05) is 18.5 Å². The van der Waals surface area contributed by atoms with Crippen LogP contribution in [0.4, 0.5) is 0 Å². The van der Waals surface area contributed by atoms with Crippen LogP contribution in [0.2, 0.25) is 5.15 Å². The smallest absolute Gasteiger partial charge is 0.325 e. The largest absolute Gasteiger partial charge is 0.465 e. The summed E-state index contributed by atoms with van der Waals surface area (Å²) in [7, 11) is 0. The number of rotatable bonds is 6. The van der Waals surface area contributed by atoms with E-state index in [0.717, 1.165) is 6.42 Å². The first-order chi connectivity index (χ1) is 9.47. The van der Waals surface area contributed by atoms with Crippen LogP contribution in [0.5, 0.6) is 0 Å². The molecule has 0 aliphatic rings. The van der Waals surface area contributed by atoms with Crippen LogP contribution in [0.25, 0.3) is 0 Å². The lowest BCUT2D eigenvalue weighted by molar-refractivity contribution is -0.143. The molecule has 0 spiro atoms. The molecule has 0 unspecified atom stereocenters.